The quantitative estimate of drug-likeness (QED) is 0.550. The van der Waals surface area contributed by atoms with E-state index in [1.165, 1.54) is 21.9 Å². The zero-order valence-corrected chi connectivity index (χ0v) is 17.5. The fraction of sp³-hybridized carbons (Fsp3) is 0.304. The summed E-state index contributed by atoms with van der Waals surface area (Å²) in [6.07, 6.45) is 2.66. The van der Waals surface area contributed by atoms with Crippen molar-refractivity contribution in [3.63, 3.8) is 0 Å². The Bertz CT molecular complexity index is 1320. The van der Waals surface area contributed by atoms with Gasteiger partial charge in [-0.25, -0.2) is 9.37 Å². The van der Waals surface area contributed by atoms with Gasteiger partial charge < -0.3 is 9.88 Å². The van der Waals surface area contributed by atoms with E-state index in [4.69, 9.17) is 4.98 Å². The SMILES string of the molecule is CC(C)n1c2c(c3ccc(-n4ccc(-c5ccc(CF)nn5)cc4=O)nc31)CNCC2. The third-order valence-corrected chi connectivity index (χ3v) is 5.73. The van der Waals surface area contributed by atoms with Gasteiger partial charge in [-0.3, -0.25) is 9.36 Å². The van der Waals surface area contributed by atoms with Gasteiger partial charge in [-0.1, -0.05) is 0 Å². The maximum atomic E-state index is 12.9. The number of aromatic nitrogens is 5. The lowest BCUT2D eigenvalue weighted by molar-refractivity contribution is 0.472. The van der Waals surface area contributed by atoms with Crippen LogP contribution < -0.4 is 10.9 Å². The van der Waals surface area contributed by atoms with Crippen molar-refractivity contribution in [2.75, 3.05) is 6.54 Å². The highest BCUT2D eigenvalue weighted by Crippen LogP contribution is 2.31. The average molecular weight is 418 g/mol. The first-order chi connectivity index (χ1) is 15.1. The molecule has 1 aliphatic rings. The van der Waals surface area contributed by atoms with Gasteiger partial charge in [0.15, 0.2) is 0 Å². The Morgan fingerprint density at radius 3 is 2.74 bits per heavy atom. The third kappa shape index (κ3) is 3.33. The molecule has 4 aromatic heterocycles. The summed E-state index contributed by atoms with van der Waals surface area (Å²) in [5.74, 6) is 0.576. The summed E-state index contributed by atoms with van der Waals surface area (Å²) >= 11 is 0. The molecule has 158 valence electrons. The molecule has 7 nitrogen and oxygen atoms in total. The monoisotopic (exact) mass is 418 g/mol. The number of fused-ring (bicyclic) bond motifs is 3. The second kappa shape index (κ2) is 7.70. The van der Waals surface area contributed by atoms with E-state index in [0.717, 1.165) is 30.5 Å². The van der Waals surface area contributed by atoms with Crippen molar-refractivity contribution in [2.24, 2.45) is 0 Å². The highest BCUT2D eigenvalue weighted by molar-refractivity contribution is 5.83. The van der Waals surface area contributed by atoms with E-state index in [1.54, 1.807) is 24.4 Å². The molecule has 5 heterocycles. The van der Waals surface area contributed by atoms with Crippen LogP contribution in [0.3, 0.4) is 0 Å². The van der Waals surface area contributed by atoms with Crippen LogP contribution in [0.5, 0.6) is 0 Å². The fourth-order valence-corrected chi connectivity index (χ4v) is 4.28. The highest BCUT2D eigenvalue weighted by Gasteiger charge is 2.22. The van der Waals surface area contributed by atoms with Gasteiger partial charge >= 0.3 is 0 Å². The molecule has 5 rings (SSSR count). The van der Waals surface area contributed by atoms with E-state index in [-0.39, 0.29) is 17.3 Å². The van der Waals surface area contributed by atoms with Crippen LogP contribution in [0, 0.1) is 0 Å². The summed E-state index contributed by atoms with van der Waals surface area (Å²) in [7, 11) is 0. The number of halogens is 1. The van der Waals surface area contributed by atoms with E-state index in [9.17, 15) is 9.18 Å². The second-order valence-corrected chi connectivity index (χ2v) is 8.02. The van der Waals surface area contributed by atoms with E-state index >= 15 is 0 Å². The van der Waals surface area contributed by atoms with Crippen LogP contribution in [-0.2, 0) is 19.6 Å². The Balaban J connectivity index is 1.59. The van der Waals surface area contributed by atoms with Crippen LogP contribution in [0.1, 0.15) is 36.8 Å². The first-order valence-corrected chi connectivity index (χ1v) is 10.4. The smallest absolute Gasteiger partial charge is 0.256 e. The van der Waals surface area contributed by atoms with Gasteiger partial charge in [0.05, 0.1) is 11.4 Å². The Hall–Kier alpha value is -3.39. The second-order valence-electron chi connectivity index (χ2n) is 8.02. The van der Waals surface area contributed by atoms with Crippen LogP contribution >= 0.6 is 0 Å². The Kier molecular flexibility index (Phi) is 4.86. The van der Waals surface area contributed by atoms with E-state index < -0.39 is 6.67 Å². The highest BCUT2D eigenvalue weighted by atomic mass is 19.1. The molecule has 4 aromatic rings. The Morgan fingerprint density at radius 1 is 1.16 bits per heavy atom. The summed E-state index contributed by atoms with van der Waals surface area (Å²) in [5, 5.41) is 12.4. The number of pyridine rings is 2. The average Bonchev–Trinajstić information content (AvgIpc) is 3.13. The summed E-state index contributed by atoms with van der Waals surface area (Å²) in [6.45, 7) is 5.45. The van der Waals surface area contributed by atoms with Crippen LogP contribution in [0.2, 0.25) is 0 Å². The lowest BCUT2D eigenvalue weighted by Crippen LogP contribution is -2.25. The van der Waals surface area contributed by atoms with Crippen molar-refractivity contribution >= 4 is 11.0 Å². The number of rotatable bonds is 4. The van der Waals surface area contributed by atoms with Crippen molar-refractivity contribution < 1.29 is 4.39 Å². The van der Waals surface area contributed by atoms with Gasteiger partial charge in [0.2, 0.25) is 0 Å². The van der Waals surface area contributed by atoms with Crippen LogP contribution in [-0.4, -0.2) is 30.9 Å². The largest absolute Gasteiger partial charge is 0.327 e. The summed E-state index contributed by atoms with van der Waals surface area (Å²) < 4.78 is 16.5. The molecule has 0 unspecified atom stereocenters. The maximum Gasteiger partial charge on any atom is 0.256 e. The van der Waals surface area contributed by atoms with Crippen molar-refractivity contribution in [3.05, 3.63) is 69.9 Å². The van der Waals surface area contributed by atoms with Crippen molar-refractivity contribution in [2.45, 2.75) is 39.5 Å². The first kappa shape index (κ1) is 19.6. The number of alkyl halides is 1. The molecule has 31 heavy (non-hydrogen) atoms. The molecule has 8 heteroatoms. The molecule has 0 atom stereocenters. The zero-order valence-electron chi connectivity index (χ0n) is 17.5. The van der Waals surface area contributed by atoms with Gasteiger partial charge in [-0.15, -0.1) is 0 Å². The minimum atomic E-state index is -0.666. The number of hydrogen-bond acceptors (Lipinski definition) is 5. The van der Waals surface area contributed by atoms with Crippen LogP contribution in [0.25, 0.3) is 28.1 Å². The lowest BCUT2D eigenvalue weighted by Gasteiger charge is -2.19. The molecular weight excluding hydrogens is 395 g/mol. The zero-order chi connectivity index (χ0) is 21.5. The van der Waals surface area contributed by atoms with Crippen molar-refractivity contribution in [1.82, 2.24) is 29.6 Å². The molecule has 0 spiro atoms. The topological polar surface area (TPSA) is 77.6 Å². The molecule has 1 N–H and O–H groups in total. The van der Waals surface area contributed by atoms with Gasteiger partial charge in [0.1, 0.15) is 18.1 Å². The van der Waals surface area contributed by atoms with Crippen LogP contribution in [0.4, 0.5) is 4.39 Å². The molecule has 0 saturated carbocycles. The van der Waals surface area contributed by atoms with Gasteiger partial charge in [0.25, 0.3) is 5.56 Å². The molecule has 0 saturated heterocycles. The molecule has 1 aliphatic heterocycles. The van der Waals surface area contributed by atoms with Gasteiger partial charge in [0, 0.05) is 54.5 Å². The van der Waals surface area contributed by atoms with Crippen molar-refractivity contribution in [1.29, 1.82) is 0 Å². The summed E-state index contributed by atoms with van der Waals surface area (Å²) in [4.78, 5) is 17.8. The Morgan fingerprint density at radius 2 is 2.03 bits per heavy atom. The molecule has 0 amide bonds. The first-order valence-electron chi connectivity index (χ1n) is 10.4. The predicted octanol–water partition coefficient (Wildman–Crippen LogP) is 3.34. The third-order valence-electron chi connectivity index (χ3n) is 5.73. The molecule has 0 aromatic carbocycles. The van der Waals surface area contributed by atoms with E-state index in [0.29, 0.717) is 17.1 Å². The van der Waals surface area contributed by atoms with E-state index in [2.05, 4.69) is 40.0 Å². The molecule has 0 fully saturated rings. The summed E-state index contributed by atoms with van der Waals surface area (Å²) in [5.41, 5.74) is 4.74. The Labute approximate surface area is 178 Å². The summed E-state index contributed by atoms with van der Waals surface area (Å²) in [6, 6.07) is 10.8. The number of hydrogen-bond donors (Lipinski definition) is 1. The maximum absolute atomic E-state index is 12.9. The number of nitrogens with zero attached hydrogens (tertiary/aromatic N) is 5. The fourth-order valence-electron chi connectivity index (χ4n) is 4.28. The number of nitrogens with one attached hydrogen (secondary N) is 1. The minimum Gasteiger partial charge on any atom is -0.327 e. The molecule has 0 bridgehead atoms. The molecule has 0 radical (unpaired) electrons. The molecule has 0 aliphatic carbocycles. The van der Waals surface area contributed by atoms with Gasteiger partial charge in [-0.2, -0.15) is 10.2 Å². The lowest BCUT2D eigenvalue weighted by atomic mass is 10.1. The molecular formula is C23H23FN6O. The standard InChI is InChI=1S/C23H23FN6O/c1-14(2)30-20-7-9-25-13-18(20)17-4-6-21(26-23(17)30)29-10-8-15(11-22(29)31)19-5-3-16(12-24)27-28-19/h3-6,8,10-11,14,25H,7,9,12-13H2,1-2H3. The normalized spacial score (nSPS) is 13.7. The van der Waals surface area contributed by atoms with Crippen LogP contribution in [0.15, 0.2) is 47.4 Å². The predicted molar refractivity (Wildman–Crippen MR) is 117 cm³/mol. The van der Waals surface area contributed by atoms with Gasteiger partial charge in [-0.05, 0) is 49.7 Å². The van der Waals surface area contributed by atoms with Crippen molar-refractivity contribution in [3.8, 4) is 17.1 Å². The van der Waals surface area contributed by atoms with E-state index in [1.807, 2.05) is 6.07 Å². The minimum absolute atomic E-state index is 0.213.